The average Bonchev–Trinajstić information content (AvgIpc) is 3.41. The molecule has 0 bridgehead atoms. The van der Waals surface area contributed by atoms with Crippen LogP contribution >= 0.6 is 7.82 Å². The van der Waals surface area contributed by atoms with Crippen molar-refractivity contribution in [2.45, 2.75) is 360 Å². The van der Waals surface area contributed by atoms with Gasteiger partial charge in [0.05, 0.1) is 27.7 Å². The Morgan fingerprint density at radius 1 is 0.380 bits per heavy atom. The van der Waals surface area contributed by atoms with Gasteiger partial charge < -0.3 is 27.9 Å². The van der Waals surface area contributed by atoms with Gasteiger partial charge in [-0.3, -0.25) is 14.2 Å². The van der Waals surface area contributed by atoms with Crippen LogP contribution in [-0.4, -0.2) is 70.0 Å². The molecule has 0 aromatic heterocycles. The number of likely N-dealkylation sites (N-methyl/N-ethyl adjacent to an activating group) is 1. The number of phosphoric ester groups is 1. The Bertz CT molecular complexity index is 1380. The number of ether oxygens (including phenoxy) is 2. The number of esters is 2. The second kappa shape index (κ2) is 61.1. The van der Waals surface area contributed by atoms with Crippen molar-refractivity contribution in [3.05, 3.63) is 24.3 Å². The highest BCUT2D eigenvalue weighted by Gasteiger charge is 2.22. The molecule has 9 nitrogen and oxygen atoms in total. The summed E-state index contributed by atoms with van der Waals surface area (Å²) in [5.41, 5.74) is 0. The molecule has 0 rings (SSSR count). The molecule has 0 spiro atoms. The zero-order chi connectivity index (χ0) is 57.7. The van der Waals surface area contributed by atoms with E-state index >= 15 is 0 Å². The fourth-order valence-corrected chi connectivity index (χ4v) is 11.1. The molecule has 79 heavy (non-hydrogen) atoms. The van der Waals surface area contributed by atoms with E-state index < -0.39 is 26.5 Å². The molecule has 0 aliphatic heterocycles. The third-order valence-corrected chi connectivity index (χ3v) is 16.7. The predicted molar refractivity (Wildman–Crippen MR) is 338 cm³/mol. The molecule has 0 saturated carbocycles. The molecule has 2 atom stereocenters. The number of unbranched alkanes of at least 4 members (excludes halogenated alkanes) is 47. The van der Waals surface area contributed by atoms with Gasteiger partial charge in [-0.1, -0.05) is 301 Å². The van der Waals surface area contributed by atoms with Crippen molar-refractivity contribution < 1.29 is 42.1 Å². The highest BCUT2D eigenvalue weighted by molar-refractivity contribution is 7.45. The summed E-state index contributed by atoms with van der Waals surface area (Å²) in [4.78, 5) is 38.0. The zero-order valence-electron chi connectivity index (χ0n) is 53.4. The molecule has 0 fully saturated rings. The summed E-state index contributed by atoms with van der Waals surface area (Å²) >= 11 is 0. The van der Waals surface area contributed by atoms with Gasteiger partial charge in [0.25, 0.3) is 7.82 Å². The number of hydrogen-bond acceptors (Lipinski definition) is 8. The van der Waals surface area contributed by atoms with E-state index in [1.54, 1.807) is 0 Å². The fraction of sp³-hybridized carbons (Fsp3) is 0.913. The number of allylic oxidation sites excluding steroid dienone is 4. The van der Waals surface area contributed by atoms with Crippen LogP contribution in [0.15, 0.2) is 24.3 Å². The Morgan fingerprint density at radius 3 is 0.937 bits per heavy atom. The number of hydrogen-bond donors (Lipinski definition) is 0. The lowest BCUT2D eigenvalue weighted by molar-refractivity contribution is -0.870. The van der Waals surface area contributed by atoms with Gasteiger partial charge >= 0.3 is 11.9 Å². The van der Waals surface area contributed by atoms with E-state index in [0.29, 0.717) is 17.4 Å². The van der Waals surface area contributed by atoms with Crippen LogP contribution in [0.25, 0.3) is 0 Å². The van der Waals surface area contributed by atoms with E-state index in [1.165, 1.54) is 283 Å². The summed E-state index contributed by atoms with van der Waals surface area (Å²) < 4.78 is 34.3. The minimum atomic E-state index is -4.64. The van der Waals surface area contributed by atoms with Gasteiger partial charge in [0.2, 0.25) is 0 Å². The van der Waals surface area contributed by atoms with Crippen LogP contribution in [0.3, 0.4) is 0 Å². The Balaban J connectivity index is 3.92. The maximum atomic E-state index is 12.8. The van der Waals surface area contributed by atoms with Crippen molar-refractivity contribution in [2.75, 3.05) is 47.5 Å². The number of phosphoric acid groups is 1. The summed E-state index contributed by atoms with van der Waals surface area (Å²) in [7, 11) is 1.18. The summed E-state index contributed by atoms with van der Waals surface area (Å²) in [6.45, 7) is 4.29. The Labute approximate surface area is 491 Å². The molecule has 2 unspecified atom stereocenters. The molecule has 0 aromatic carbocycles. The number of rotatable bonds is 65. The summed E-state index contributed by atoms with van der Waals surface area (Å²) in [5.74, 6) is -0.819. The number of quaternary nitrogens is 1. The van der Waals surface area contributed by atoms with Crippen LogP contribution in [0.4, 0.5) is 0 Å². The number of nitrogens with zero attached hydrogens (tertiary/aromatic N) is 1. The first kappa shape index (κ1) is 77.5. The molecule has 468 valence electrons. The fourth-order valence-electron chi connectivity index (χ4n) is 10.4. The summed E-state index contributed by atoms with van der Waals surface area (Å²) in [6, 6.07) is 0. The Morgan fingerprint density at radius 2 is 0.646 bits per heavy atom. The molecule has 0 heterocycles. The van der Waals surface area contributed by atoms with Crippen molar-refractivity contribution in [3.63, 3.8) is 0 Å². The summed E-state index contributed by atoms with van der Waals surface area (Å²) in [5, 5.41) is 0. The van der Waals surface area contributed by atoms with Crippen molar-refractivity contribution >= 4 is 19.8 Å². The Hall–Kier alpha value is -1.51. The van der Waals surface area contributed by atoms with Crippen LogP contribution in [-0.2, 0) is 32.7 Å². The van der Waals surface area contributed by atoms with Gasteiger partial charge in [0.1, 0.15) is 19.8 Å². The molecule has 0 N–H and O–H groups in total. The van der Waals surface area contributed by atoms with Crippen molar-refractivity contribution in [3.8, 4) is 0 Å². The lowest BCUT2D eigenvalue weighted by atomic mass is 10.0. The van der Waals surface area contributed by atoms with Crippen LogP contribution in [0.2, 0.25) is 0 Å². The van der Waals surface area contributed by atoms with Crippen molar-refractivity contribution in [1.82, 2.24) is 0 Å². The molecule has 0 aliphatic carbocycles. The summed E-state index contributed by atoms with van der Waals surface area (Å²) in [6.07, 6.45) is 75.6. The van der Waals surface area contributed by atoms with Crippen LogP contribution < -0.4 is 4.89 Å². The highest BCUT2D eigenvalue weighted by atomic mass is 31.2. The maximum Gasteiger partial charge on any atom is 0.306 e. The van der Waals surface area contributed by atoms with Crippen molar-refractivity contribution in [1.29, 1.82) is 0 Å². The SMILES string of the molecule is CCCCCCCCC/C=C\CCCCCCCCCC(=O)OCC(COP(=O)([O-])OCC[N+](C)(C)C)OC(=O)CCCCCCCCCCCCCCCCCCCCCCCCCCC/C=C\CCCCCCCCCC. The normalized spacial score (nSPS) is 13.2. The van der Waals surface area contributed by atoms with E-state index in [1.807, 2.05) is 21.1 Å². The Kier molecular flexibility index (Phi) is 59.9. The molecule has 10 heteroatoms. The maximum absolute atomic E-state index is 12.8. The topological polar surface area (TPSA) is 111 Å². The molecule has 0 radical (unpaired) electrons. The second-order valence-corrected chi connectivity index (χ2v) is 26.3. The second-order valence-electron chi connectivity index (χ2n) is 24.9. The van der Waals surface area contributed by atoms with E-state index in [-0.39, 0.29) is 32.0 Å². The third-order valence-electron chi connectivity index (χ3n) is 15.7. The first-order valence-corrected chi connectivity index (χ1v) is 36.0. The van der Waals surface area contributed by atoms with Gasteiger partial charge in [-0.05, 0) is 64.2 Å². The lowest BCUT2D eigenvalue weighted by Gasteiger charge is -2.28. The molecule has 0 saturated heterocycles. The quantitative estimate of drug-likeness (QED) is 0.0195. The van der Waals surface area contributed by atoms with E-state index in [4.69, 9.17) is 18.5 Å². The van der Waals surface area contributed by atoms with Crippen molar-refractivity contribution in [2.24, 2.45) is 0 Å². The predicted octanol–water partition coefficient (Wildman–Crippen LogP) is 21.5. The van der Waals surface area contributed by atoms with Gasteiger partial charge in [0.15, 0.2) is 6.10 Å². The standard InChI is InChI=1S/C69H134NO8P/c1-6-8-10-12-14-16-18-20-22-24-26-27-28-29-30-31-32-33-34-35-36-37-38-39-40-41-42-43-44-46-48-50-52-54-56-58-60-62-69(72)78-67(66-77-79(73,74)76-64-63-70(3,4)5)65-75-68(71)61-59-57-55-53-51-49-47-45-25-23-21-19-17-15-13-11-9-7-2/h23-26,67H,6-22,27-66H2,1-5H3/b25-23-,26-24-. The minimum absolute atomic E-state index is 0.0283. The zero-order valence-corrected chi connectivity index (χ0v) is 54.2. The van der Waals surface area contributed by atoms with E-state index in [9.17, 15) is 19.0 Å². The number of carbonyl (C=O) groups excluding carboxylic acids is 2. The molecular weight excluding hydrogens is 1000 g/mol. The average molecular weight is 1140 g/mol. The van der Waals surface area contributed by atoms with Gasteiger partial charge in [-0.15, -0.1) is 0 Å². The van der Waals surface area contributed by atoms with Gasteiger partial charge in [-0.25, -0.2) is 0 Å². The third kappa shape index (κ3) is 65.5. The highest BCUT2D eigenvalue weighted by Crippen LogP contribution is 2.38. The van der Waals surface area contributed by atoms with Crippen LogP contribution in [0.5, 0.6) is 0 Å². The largest absolute Gasteiger partial charge is 0.756 e. The van der Waals surface area contributed by atoms with E-state index in [2.05, 4.69) is 38.2 Å². The first-order valence-electron chi connectivity index (χ1n) is 34.5. The van der Waals surface area contributed by atoms with Gasteiger partial charge in [-0.2, -0.15) is 0 Å². The molecule has 0 aromatic rings. The minimum Gasteiger partial charge on any atom is -0.756 e. The molecule has 0 amide bonds. The lowest BCUT2D eigenvalue weighted by Crippen LogP contribution is -2.37. The number of carbonyl (C=O) groups is 2. The van der Waals surface area contributed by atoms with Crippen LogP contribution in [0, 0.1) is 0 Å². The van der Waals surface area contributed by atoms with E-state index in [0.717, 1.165) is 38.5 Å². The van der Waals surface area contributed by atoms with Gasteiger partial charge in [0, 0.05) is 12.8 Å². The first-order chi connectivity index (χ1) is 38.5. The molecular formula is C69H134NO8P. The monoisotopic (exact) mass is 1140 g/mol. The molecule has 0 aliphatic rings. The van der Waals surface area contributed by atoms with Crippen LogP contribution in [0.1, 0.15) is 354 Å². The smallest absolute Gasteiger partial charge is 0.306 e.